The van der Waals surface area contributed by atoms with E-state index in [-0.39, 0.29) is 17.4 Å². The summed E-state index contributed by atoms with van der Waals surface area (Å²) in [6.07, 6.45) is 6.66. The van der Waals surface area contributed by atoms with Crippen LogP contribution >= 0.6 is 0 Å². The van der Waals surface area contributed by atoms with Gasteiger partial charge in [-0.15, -0.1) is 0 Å². The third-order valence-electron chi connectivity index (χ3n) is 9.38. The minimum Gasteiger partial charge on any atom is -0.398 e. The lowest BCUT2D eigenvalue weighted by atomic mass is 9.73. The van der Waals surface area contributed by atoms with Crippen molar-refractivity contribution in [2.24, 2.45) is 0 Å². The first-order chi connectivity index (χ1) is 18.1. The van der Waals surface area contributed by atoms with E-state index < -0.39 is 6.17 Å². The molecule has 7 heteroatoms. The summed E-state index contributed by atoms with van der Waals surface area (Å²) in [6.45, 7) is 8.24. The van der Waals surface area contributed by atoms with Gasteiger partial charge in [0.2, 0.25) is 0 Å². The first-order valence-electron chi connectivity index (χ1n) is 14.4. The fourth-order valence-electron chi connectivity index (χ4n) is 7.54. The molecule has 3 heterocycles. The summed E-state index contributed by atoms with van der Waals surface area (Å²) < 4.78 is 14.4. The van der Waals surface area contributed by atoms with Crippen molar-refractivity contribution in [1.29, 1.82) is 5.26 Å². The molecule has 1 aromatic heterocycles. The molecule has 5 rings (SSSR count). The SMILES string of the molecule is CC(C)c1c(CC2CC[C@H](C)c3ccc(N)c(C#N)c32)nc(CC[C@@]23CCCN2CC(F)C3)nc1N(C)C. The number of nitriles is 1. The number of aromatic nitrogens is 2. The first-order valence-corrected chi connectivity index (χ1v) is 14.4. The molecule has 0 amide bonds. The van der Waals surface area contributed by atoms with Crippen LogP contribution in [0.5, 0.6) is 0 Å². The van der Waals surface area contributed by atoms with Crippen molar-refractivity contribution >= 4 is 11.5 Å². The first kappa shape index (κ1) is 26.9. The fraction of sp³-hybridized carbons (Fsp3) is 0.645. The molecule has 1 aliphatic carbocycles. The van der Waals surface area contributed by atoms with Crippen molar-refractivity contribution in [1.82, 2.24) is 14.9 Å². The quantitative estimate of drug-likeness (QED) is 0.463. The molecule has 0 spiro atoms. The molecular weight excluding hydrogens is 475 g/mol. The Morgan fingerprint density at radius 3 is 2.76 bits per heavy atom. The van der Waals surface area contributed by atoms with Crippen molar-refractivity contribution in [2.75, 3.05) is 37.8 Å². The zero-order valence-electron chi connectivity index (χ0n) is 23.7. The molecule has 4 atom stereocenters. The zero-order chi connectivity index (χ0) is 27.2. The number of nitrogen functional groups attached to an aromatic ring is 1. The maximum Gasteiger partial charge on any atom is 0.135 e. The van der Waals surface area contributed by atoms with E-state index >= 15 is 0 Å². The largest absolute Gasteiger partial charge is 0.398 e. The molecule has 3 aliphatic rings. The van der Waals surface area contributed by atoms with Gasteiger partial charge in [-0.1, -0.05) is 26.8 Å². The second-order valence-electron chi connectivity index (χ2n) is 12.5. The van der Waals surface area contributed by atoms with Crippen molar-refractivity contribution in [3.05, 3.63) is 45.9 Å². The zero-order valence-corrected chi connectivity index (χ0v) is 23.7. The van der Waals surface area contributed by atoms with Crippen LogP contribution in [0.4, 0.5) is 15.9 Å². The topological polar surface area (TPSA) is 82.1 Å². The Kier molecular flexibility index (Phi) is 7.39. The summed E-state index contributed by atoms with van der Waals surface area (Å²) in [5, 5.41) is 10.0. The smallest absolute Gasteiger partial charge is 0.135 e. The van der Waals surface area contributed by atoms with Crippen LogP contribution in [0.15, 0.2) is 12.1 Å². The molecule has 38 heavy (non-hydrogen) atoms. The normalized spacial score (nSPS) is 26.8. The number of nitrogens with zero attached hydrogens (tertiary/aromatic N) is 5. The predicted molar refractivity (Wildman–Crippen MR) is 151 cm³/mol. The Morgan fingerprint density at radius 1 is 1.26 bits per heavy atom. The van der Waals surface area contributed by atoms with E-state index in [9.17, 15) is 9.65 Å². The van der Waals surface area contributed by atoms with Crippen LogP contribution in [-0.4, -0.2) is 53.8 Å². The van der Waals surface area contributed by atoms with E-state index in [0.717, 1.165) is 74.4 Å². The summed E-state index contributed by atoms with van der Waals surface area (Å²) in [5.74, 6) is 2.71. The monoisotopic (exact) mass is 518 g/mol. The van der Waals surface area contributed by atoms with Crippen LogP contribution in [0.2, 0.25) is 0 Å². The molecule has 204 valence electrons. The predicted octanol–water partition coefficient (Wildman–Crippen LogP) is 5.85. The maximum absolute atomic E-state index is 14.4. The Hall–Kier alpha value is -2.72. The van der Waals surface area contributed by atoms with Crippen LogP contribution < -0.4 is 10.6 Å². The van der Waals surface area contributed by atoms with E-state index in [1.807, 2.05) is 6.07 Å². The molecule has 2 N–H and O–H groups in total. The Labute approximate surface area is 227 Å². The van der Waals surface area contributed by atoms with Gasteiger partial charge in [0.1, 0.15) is 23.9 Å². The van der Waals surface area contributed by atoms with Crippen molar-refractivity contribution in [3.8, 4) is 6.07 Å². The number of anilines is 2. The third kappa shape index (κ3) is 4.77. The summed E-state index contributed by atoms with van der Waals surface area (Å²) >= 11 is 0. The maximum atomic E-state index is 14.4. The Morgan fingerprint density at radius 2 is 2.05 bits per heavy atom. The number of rotatable bonds is 7. The van der Waals surface area contributed by atoms with E-state index in [1.165, 1.54) is 11.1 Å². The average Bonchev–Trinajstić information content (AvgIpc) is 3.39. The van der Waals surface area contributed by atoms with Gasteiger partial charge < -0.3 is 10.6 Å². The van der Waals surface area contributed by atoms with Crippen molar-refractivity contribution < 1.29 is 4.39 Å². The van der Waals surface area contributed by atoms with Gasteiger partial charge in [-0.25, -0.2) is 14.4 Å². The van der Waals surface area contributed by atoms with Gasteiger partial charge >= 0.3 is 0 Å². The van der Waals surface area contributed by atoms with Crippen molar-refractivity contribution in [3.63, 3.8) is 0 Å². The molecule has 0 radical (unpaired) electrons. The molecule has 1 aromatic carbocycles. The highest BCUT2D eigenvalue weighted by Gasteiger charge is 2.48. The summed E-state index contributed by atoms with van der Waals surface area (Å²) in [6, 6.07) is 6.42. The second kappa shape index (κ2) is 10.4. The lowest BCUT2D eigenvalue weighted by molar-refractivity contribution is 0.181. The average molecular weight is 519 g/mol. The summed E-state index contributed by atoms with van der Waals surface area (Å²) in [5.41, 5.74) is 12.1. The van der Waals surface area contributed by atoms with Crippen LogP contribution in [0.3, 0.4) is 0 Å². The van der Waals surface area contributed by atoms with E-state index in [0.29, 0.717) is 30.1 Å². The minimum atomic E-state index is -0.719. The number of aryl methyl sites for hydroxylation is 1. The number of hydrogen-bond acceptors (Lipinski definition) is 6. The molecule has 2 aromatic rings. The van der Waals surface area contributed by atoms with E-state index in [1.54, 1.807) is 0 Å². The molecule has 0 saturated carbocycles. The number of halogens is 1. The van der Waals surface area contributed by atoms with Gasteiger partial charge in [0.25, 0.3) is 0 Å². The molecule has 6 nitrogen and oxygen atoms in total. The molecule has 2 unspecified atom stereocenters. The number of benzene rings is 1. The molecular formula is C31H43FN6. The number of hydrogen-bond donors (Lipinski definition) is 1. The van der Waals surface area contributed by atoms with Crippen LogP contribution in [0.1, 0.15) is 111 Å². The lowest BCUT2D eigenvalue weighted by Gasteiger charge is -2.33. The van der Waals surface area contributed by atoms with Gasteiger partial charge in [-0.2, -0.15) is 5.26 Å². The molecule has 2 aliphatic heterocycles. The third-order valence-corrected chi connectivity index (χ3v) is 9.38. The highest BCUT2D eigenvalue weighted by Crippen LogP contribution is 2.45. The fourth-order valence-corrected chi connectivity index (χ4v) is 7.54. The number of fused-ring (bicyclic) bond motifs is 2. The van der Waals surface area contributed by atoms with Crippen LogP contribution in [0, 0.1) is 11.3 Å². The highest BCUT2D eigenvalue weighted by atomic mass is 19.1. The van der Waals surface area contributed by atoms with Crippen LogP contribution in [0.25, 0.3) is 0 Å². The summed E-state index contributed by atoms with van der Waals surface area (Å²) in [4.78, 5) is 14.8. The Balaban J connectivity index is 1.52. The lowest BCUT2D eigenvalue weighted by Crippen LogP contribution is -2.38. The van der Waals surface area contributed by atoms with Gasteiger partial charge in [0.15, 0.2) is 0 Å². The Bertz CT molecular complexity index is 1230. The van der Waals surface area contributed by atoms with E-state index in [4.69, 9.17) is 15.7 Å². The summed E-state index contributed by atoms with van der Waals surface area (Å²) in [7, 11) is 4.10. The molecule has 0 bridgehead atoms. The van der Waals surface area contributed by atoms with Gasteiger partial charge in [-0.3, -0.25) is 4.90 Å². The molecule has 2 fully saturated rings. The van der Waals surface area contributed by atoms with Gasteiger partial charge in [0.05, 0.1) is 11.3 Å². The van der Waals surface area contributed by atoms with Gasteiger partial charge in [-0.05, 0) is 86.4 Å². The van der Waals surface area contributed by atoms with Crippen molar-refractivity contribution in [2.45, 2.75) is 102 Å². The number of nitrogens with two attached hydrogens (primary N) is 1. The number of alkyl halides is 1. The highest BCUT2D eigenvalue weighted by molar-refractivity contribution is 5.63. The van der Waals surface area contributed by atoms with Crippen LogP contribution in [-0.2, 0) is 12.8 Å². The molecule has 2 saturated heterocycles. The van der Waals surface area contributed by atoms with E-state index in [2.05, 4.69) is 56.8 Å². The standard InChI is InChI=1S/C31H43FN6/c1-19(2)28-26(15-21-8-7-20(3)23-9-10-25(34)24(17-33)29(21)23)35-27(36-30(28)37(4)5)11-13-31-12-6-14-38(31)18-22(32)16-31/h9-10,19-22H,6-8,11-16,18,34H2,1-5H3/t20-,21?,22?,31+/m0/s1. The minimum absolute atomic E-state index is 0.0321. The second-order valence-corrected chi connectivity index (χ2v) is 12.5. The van der Waals surface area contributed by atoms with Gasteiger partial charge in [0, 0.05) is 43.9 Å².